The number of allylic oxidation sites excluding steroid dienone is 1. The Balaban J connectivity index is 2.25. The fraction of sp³-hybridized carbons (Fsp3) is 0.364. The van der Waals surface area contributed by atoms with Gasteiger partial charge in [-0.25, -0.2) is 0 Å². The molecule has 2 aromatic rings. The van der Waals surface area contributed by atoms with Crippen molar-refractivity contribution < 1.29 is 4.43 Å². The summed E-state index contributed by atoms with van der Waals surface area (Å²) in [6, 6.07) is 21.6. The summed E-state index contributed by atoms with van der Waals surface area (Å²) >= 11 is 0. The summed E-state index contributed by atoms with van der Waals surface area (Å²) in [6.07, 6.45) is 7.25. The van der Waals surface area contributed by atoms with Crippen LogP contribution in [0.3, 0.4) is 0 Å². The Hall–Kier alpha value is -1.64. The van der Waals surface area contributed by atoms with Crippen molar-refractivity contribution in [1.82, 2.24) is 0 Å². The predicted molar refractivity (Wildman–Crippen MR) is 105 cm³/mol. The van der Waals surface area contributed by atoms with Crippen LogP contribution in [0.25, 0.3) is 0 Å². The fourth-order valence-electron chi connectivity index (χ4n) is 3.68. The minimum Gasteiger partial charge on any atom is -0.401 e. The lowest BCUT2D eigenvalue weighted by Gasteiger charge is -2.43. The minimum absolute atomic E-state index is 0.437. The van der Waals surface area contributed by atoms with E-state index >= 15 is 0 Å². The zero-order valence-corrected chi connectivity index (χ0v) is 16.1. The first kappa shape index (κ1) is 17.2. The van der Waals surface area contributed by atoms with Crippen molar-refractivity contribution in [2.45, 2.75) is 50.9 Å². The molecule has 126 valence electrons. The van der Waals surface area contributed by atoms with Gasteiger partial charge in [-0.1, -0.05) is 66.7 Å². The normalized spacial score (nSPS) is 15.9. The lowest BCUT2D eigenvalue weighted by atomic mass is 9.76. The molecule has 0 radical (unpaired) electrons. The van der Waals surface area contributed by atoms with Crippen molar-refractivity contribution in [2.24, 2.45) is 0 Å². The molecule has 1 aliphatic carbocycles. The molecule has 0 aliphatic heterocycles. The third-order valence-corrected chi connectivity index (χ3v) is 5.48. The standard InChI is InChI=1S/C22H28OSi/c1-24(2,3)23-22(19-13-7-4-8-14-19,20-15-9-5-10-16-20)21-17-11-6-12-18-21/h4-5,7-10,13-17H,6,11-12,18H2,1-3H3. The van der Waals surface area contributed by atoms with E-state index < -0.39 is 13.9 Å². The molecular formula is C22H28OSi. The molecule has 0 spiro atoms. The summed E-state index contributed by atoms with van der Waals surface area (Å²) in [4.78, 5) is 0. The Labute approximate surface area is 147 Å². The molecule has 0 atom stereocenters. The van der Waals surface area contributed by atoms with Crippen LogP contribution in [-0.2, 0) is 10.0 Å². The number of benzene rings is 2. The first-order valence-electron chi connectivity index (χ1n) is 9.03. The average molecular weight is 337 g/mol. The second kappa shape index (κ2) is 7.08. The Morgan fingerprint density at radius 2 is 1.33 bits per heavy atom. The molecule has 2 aromatic carbocycles. The maximum atomic E-state index is 7.01. The van der Waals surface area contributed by atoms with Gasteiger partial charge in [0.15, 0.2) is 8.32 Å². The Morgan fingerprint density at radius 1 is 0.792 bits per heavy atom. The largest absolute Gasteiger partial charge is 0.401 e. The molecule has 3 rings (SSSR count). The zero-order chi connectivity index (χ0) is 17.0. The van der Waals surface area contributed by atoms with Crippen molar-refractivity contribution in [1.29, 1.82) is 0 Å². The van der Waals surface area contributed by atoms with Gasteiger partial charge in [-0.2, -0.15) is 0 Å². The van der Waals surface area contributed by atoms with Crippen molar-refractivity contribution in [3.05, 3.63) is 83.4 Å². The van der Waals surface area contributed by atoms with E-state index in [1.165, 1.54) is 29.5 Å². The Morgan fingerprint density at radius 3 is 1.75 bits per heavy atom. The summed E-state index contributed by atoms with van der Waals surface area (Å²) in [6.45, 7) is 6.87. The van der Waals surface area contributed by atoms with Crippen LogP contribution in [0.4, 0.5) is 0 Å². The average Bonchev–Trinajstić information content (AvgIpc) is 2.61. The molecule has 0 heterocycles. The second-order valence-electron chi connectivity index (χ2n) is 7.60. The molecule has 1 nitrogen and oxygen atoms in total. The molecule has 2 heteroatoms. The molecule has 0 aromatic heterocycles. The van der Waals surface area contributed by atoms with E-state index in [1.807, 2.05) is 0 Å². The molecule has 0 saturated carbocycles. The minimum atomic E-state index is -1.78. The van der Waals surface area contributed by atoms with Crippen molar-refractivity contribution >= 4 is 8.32 Å². The first-order chi connectivity index (χ1) is 11.5. The summed E-state index contributed by atoms with van der Waals surface area (Å²) in [7, 11) is -1.78. The summed E-state index contributed by atoms with van der Waals surface area (Å²) in [5, 5.41) is 0. The van der Waals surface area contributed by atoms with Gasteiger partial charge >= 0.3 is 0 Å². The number of hydrogen-bond acceptors (Lipinski definition) is 1. The van der Waals surface area contributed by atoms with Gasteiger partial charge in [0.25, 0.3) is 0 Å². The van der Waals surface area contributed by atoms with Gasteiger partial charge in [0.05, 0.1) is 0 Å². The van der Waals surface area contributed by atoms with E-state index in [0.29, 0.717) is 0 Å². The summed E-state index contributed by atoms with van der Waals surface area (Å²) in [5.41, 5.74) is 3.51. The first-order valence-corrected chi connectivity index (χ1v) is 12.4. The highest BCUT2D eigenvalue weighted by Crippen LogP contribution is 2.45. The van der Waals surface area contributed by atoms with Crippen LogP contribution in [0.2, 0.25) is 19.6 Å². The van der Waals surface area contributed by atoms with E-state index in [-0.39, 0.29) is 0 Å². The van der Waals surface area contributed by atoms with Crippen LogP contribution >= 0.6 is 0 Å². The van der Waals surface area contributed by atoms with Crippen LogP contribution in [0.15, 0.2) is 72.3 Å². The molecule has 0 amide bonds. The maximum Gasteiger partial charge on any atom is 0.185 e. The lowest BCUT2D eigenvalue weighted by molar-refractivity contribution is 0.135. The van der Waals surface area contributed by atoms with Gasteiger partial charge in [-0.05, 0) is 62.0 Å². The fourth-order valence-corrected chi connectivity index (χ4v) is 4.97. The van der Waals surface area contributed by atoms with E-state index in [0.717, 1.165) is 12.8 Å². The van der Waals surface area contributed by atoms with E-state index in [9.17, 15) is 0 Å². The van der Waals surface area contributed by atoms with Gasteiger partial charge in [0.1, 0.15) is 5.60 Å². The van der Waals surface area contributed by atoms with Crippen LogP contribution in [0.1, 0.15) is 36.8 Å². The summed E-state index contributed by atoms with van der Waals surface area (Å²) < 4.78 is 7.01. The van der Waals surface area contributed by atoms with E-state index in [1.54, 1.807) is 0 Å². The van der Waals surface area contributed by atoms with E-state index in [4.69, 9.17) is 4.43 Å². The van der Waals surface area contributed by atoms with Crippen molar-refractivity contribution in [3.63, 3.8) is 0 Å². The summed E-state index contributed by atoms with van der Waals surface area (Å²) in [5.74, 6) is 0. The van der Waals surface area contributed by atoms with Crippen molar-refractivity contribution in [3.8, 4) is 0 Å². The quantitative estimate of drug-likeness (QED) is 0.461. The molecule has 24 heavy (non-hydrogen) atoms. The van der Waals surface area contributed by atoms with Crippen LogP contribution in [-0.4, -0.2) is 8.32 Å². The van der Waals surface area contributed by atoms with Crippen LogP contribution in [0, 0.1) is 0 Å². The smallest absolute Gasteiger partial charge is 0.185 e. The Kier molecular flexibility index (Phi) is 5.07. The predicted octanol–water partition coefficient (Wildman–Crippen LogP) is 6.28. The van der Waals surface area contributed by atoms with Gasteiger partial charge in [0.2, 0.25) is 0 Å². The van der Waals surface area contributed by atoms with Crippen molar-refractivity contribution in [2.75, 3.05) is 0 Å². The van der Waals surface area contributed by atoms with Gasteiger partial charge < -0.3 is 4.43 Å². The van der Waals surface area contributed by atoms with Crippen LogP contribution < -0.4 is 0 Å². The monoisotopic (exact) mass is 336 g/mol. The van der Waals surface area contributed by atoms with Gasteiger partial charge in [-0.3, -0.25) is 0 Å². The number of hydrogen-bond donors (Lipinski definition) is 0. The molecule has 1 aliphatic rings. The van der Waals surface area contributed by atoms with Crippen LogP contribution in [0.5, 0.6) is 0 Å². The molecule has 0 bridgehead atoms. The molecule has 0 unspecified atom stereocenters. The van der Waals surface area contributed by atoms with E-state index in [2.05, 4.69) is 86.4 Å². The lowest BCUT2D eigenvalue weighted by Crippen LogP contribution is -2.43. The molecular weight excluding hydrogens is 308 g/mol. The third-order valence-electron chi connectivity index (χ3n) is 4.56. The number of rotatable bonds is 5. The Bertz CT molecular complexity index is 643. The third kappa shape index (κ3) is 3.55. The second-order valence-corrected chi connectivity index (χ2v) is 12.0. The molecule has 0 fully saturated rings. The molecule has 0 saturated heterocycles. The van der Waals surface area contributed by atoms with Gasteiger partial charge in [0, 0.05) is 0 Å². The zero-order valence-electron chi connectivity index (χ0n) is 15.1. The van der Waals surface area contributed by atoms with Gasteiger partial charge in [-0.15, -0.1) is 0 Å². The highest BCUT2D eigenvalue weighted by Gasteiger charge is 2.42. The molecule has 0 N–H and O–H groups in total. The maximum absolute atomic E-state index is 7.01. The SMILES string of the molecule is C[Si](C)(C)OC(C1=CCCCC1)(c1ccccc1)c1ccccc1. The topological polar surface area (TPSA) is 9.23 Å². The highest BCUT2D eigenvalue weighted by molar-refractivity contribution is 6.69. The highest BCUT2D eigenvalue weighted by atomic mass is 28.4.